The molecule has 0 aliphatic heterocycles. The van der Waals surface area contributed by atoms with Crippen molar-refractivity contribution in [3.63, 3.8) is 0 Å². The van der Waals surface area contributed by atoms with E-state index in [0.717, 1.165) is 15.6 Å². The number of carboxylic acid groups (broad SMARTS) is 1. The Hall–Kier alpha value is -1.59. The van der Waals surface area contributed by atoms with Crippen LogP contribution in [0.1, 0.15) is 25.9 Å². The Morgan fingerprint density at radius 2 is 2.21 bits per heavy atom. The molecule has 0 radical (unpaired) electrons. The summed E-state index contributed by atoms with van der Waals surface area (Å²) >= 11 is 7.40. The van der Waals surface area contributed by atoms with Crippen molar-refractivity contribution >= 4 is 28.9 Å². The summed E-state index contributed by atoms with van der Waals surface area (Å²) in [7, 11) is 0. The van der Waals surface area contributed by atoms with Crippen LogP contribution in [0.3, 0.4) is 0 Å². The fourth-order valence-corrected chi connectivity index (χ4v) is 2.67. The fourth-order valence-electron chi connectivity index (χ4n) is 1.57. The van der Waals surface area contributed by atoms with E-state index < -0.39 is 5.97 Å². The number of aromatic carboxylic acids is 1. The fraction of sp³-hybridized carbons (Fsp3) is 0.231. The molecule has 0 unspecified atom stereocenters. The number of halogens is 1. The first kappa shape index (κ1) is 13.8. The number of aryl methyl sites for hydroxylation is 2. The van der Waals surface area contributed by atoms with Crippen LogP contribution < -0.4 is 4.74 Å². The zero-order chi connectivity index (χ0) is 14.0. The molecule has 0 amide bonds. The molecule has 1 aromatic heterocycles. The molecule has 0 aliphatic carbocycles. The van der Waals surface area contributed by atoms with Gasteiger partial charge < -0.3 is 9.84 Å². The Morgan fingerprint density at radius 3 is 2.79 bits per heavy atom. The summed E-state index contributed by atoms with van der Waals surface area (Å²) in [6, 6.07) is 4.76. The average molecular weight is 298 g/mol. The zero-order valence-corrected chi connectivity index (χ0v) is 12.0. The van der Waals surface area contributed by atoms with E-state index in [4.69, 9.17) is 21.4 Å². The number of rotatable bonds is 4. The molecular weight excluding hydrogens is 286 g/mol. The highest BCUT2D eigenvalue weighted by molar-refractivity contribution is 7.11. The van der Waals surface area contributed by atoms with Gasteiger partial charge in [-0.15, -0.1) is 11.3 Å². The molecule has 19 heavy (non-hydrogen) atoms. The molecule has 0 bridgehead atoms. The third-order valence-electron chi connectivity index (χ3n) is 2.61. The summed E-state index contributed by atoms with van der Waals surface area (Å²) in [6.07, 6.45) is 0. The van der Waals surface area contributed by atoms with Crippen molar-refractivity contribution < 1.29 is 14.6 Å². The third kappa shape index (κ3) is 3.05. The Morgan fingerprint density at radius 1 is 1.47 bits per heavy atom. The Labute approximate surface area is 119 Å². The Kier molecular flexibility index (Phi) is 4.07. The number of ether oxygens (including phenoxy) is 1. The van der Waals surface area contributed by atoms with E-state index in [1.54, 1.807) is 12.1 Å². The van der Waals surface area contributed by atoms with E-state index in [2.05, 4.69) is 4.98 Å². The van der Waals surface area contributed by atoms with Gasteiger partial charge in [-0.05, 0) is 26.0 Å². The van der Waals surface area contributed by atoms with Crippen molar-refractivity contribution in [2.75, 3.05) is 0 Å². The van der Waals surface area contributed by atoms with Gasteiger partial charge in [0, 0.05) is 4.88 Å². The average Bonchev–Trinajstić information content (AvgIpc) is 2.65. The first-order valence-electron chi connectivity index (χ1n) is 5.56. The van der Waals surface area contributed by atoms with Crippen molar-refractivity contribution in [3.05, 3.63) is 44.4 Å². The molecule has 0 spiro atoms. The number of carbonyl (C=O) groups is 1. The number of hydrogen-bond acceptors (Lipinski definition) is 4. The number of hydrogen-bond donors (Lipinski definition) is 1. The van der Waals surface area contributed by atoms with Gasteiger partial charge in [0.1, 0.15) is 22.9 Å². The summed E-state index contributed by atoms with van der Waals surface area (Å²) in [5.41, 5.74) is 0.947. The van der Waals surface area contributed by atoms with E-state index in [1.807, 2.05) is 13.8 Å². The predicted molar refractivity (Wildman–Crippen MR) is 74.3 cm³/mol. The van der Waals surface area contributed by atoms with Crippen molar-refractivity contribution in [1.29, 1.82) is 0 Å². The van der Waals surface area contributed by atoms with Crippen molar-refractivity contribution in [1.82, 2.24) is 4.98 Å². The standard InChI is InChI=1S/C13H12ClNO3S/c1-7-8(2)19-11(15-7)6-18-10-5-3-4-9(14)12(10)13(16)17/h3-5H,6H2,1-2H3,(H,16,17). The Balaban J connectivity index is 2.20. The first-order chi connectivity index (χ1) is 8.99. The van der Waals surface area contributed by atoms with Crippen LogP contribution in [-0.2, 0) is 6.61 Å². The minimum Gasteiger partial charge on any atom is -0.485 e. The van der Waals surface area contributed by atoms with Crippen molar-refractivity contribution in [3.8, 4) is 5.75 Å². The van der Waals surface area contributed by atoms with Crippen LogP contribution in [0.4, 0.5) is 0 Å². The number of benzene rings is 1. The highest BCUT2D eigenvalue weighted by Crippen LogP contribution is 2.27. The van der Waals surface area contributed by atoms with E-state index in [-0.39, 0.29) is 22.9 Å². The maximum absolute atomic E-state index is 11.1. The van der Waals surface area contributed by atoms with Crippen molar-refractivity contribution in [2.45, 2.75) is 20.5 Å². The number of thiazole rings is 1. The molecule has 6 heteroatoms. The lowest BCUT2D eigenvalue weighted by molar-refractivity contribution is 0.0692. The second kappa shape index (κ2) is 5.59. The van der Waals surface area contributed by atoms with E-state index in [9.17, 15) is 4.79 Å². The smallest absolute Gasteiger partial charge is 0.341 e. The summed E-state index contributed by atoms with van der Waals surface area (Å²) < 4.78 is 5.52. The van der Waals surface area contributed by atoms with Gasteiger partial charge in [0.15, 0.2) is 0 Å². The van der Waals surface area contributed by atoms with Crippen LogP contribution in [-0.4, -0.2) is 16.1 Å². The van der Waals surface area contributed by atoms with Gasteiger partial charge in [0.25, 0.3) is 0 Å². The minimum absolute atomic E-state index is 0.0193. The lowest BCUT2D eigenvalue weighted by atomic mass is 10.2. The highest BCUT2D eigenvalue weighted by Gasteiger charge is 2.16. The van der Waals surface area contributed by atoms with Gasteiger partial charge in [0.2, 0.25) is 0 Å². The van der Waals surface area contributed by atoms with Crippen molar-refractivity contribution in [2.24, 2.45) is 0 Å². The highest BCUT2D eigenvalue weighted by atomic mass is 35.5. The van der Waals surface area contributed by atoms with Crippen LogP contribution >= 0.6 is 22.9 Å². The molecule has 0 saturated heterocycles. The summed E-state index contributed by atoms with van der Waals surface area (Å²) in [6.45, 7) is 4.15. The van der Waals surface area contributed by atoms with Gasteiger partial charge >= 0.3 is 5.97 Å². The predicted octanol–water partition coefficient (Wildman–Crippen LogP) is 3.69. The van der Waals surface area contributed by atoms with E-state index >= 15 is 0 Å². The molecule has 1 N–H and O–H groups in total. The summed E-state index contributed by atoms with van der Waals surface area (Å²) in [4.78, 5) is 16.6. The lowest BCUT2D eigenvalue weighted by Crippen LogP contribution is -2.04. The normalized spacial score (nSPS) is 10.5. The molecule has 100 valence electrons. The van der Waals surface area contributed by atoms with Crippen LogP contribution in [0.25, 0.3) is 0 Å². The monoisotopic (exact) mass is 297 g/mol. The number of carboxylic acids is 1. The quantitative estimate of drug-likeness (QED) is 0.935. The number of aromatic nitrogens is 1. The van der Waals surface area contributed by atoms with Crippen LogP contribution in [0.5, 0.6) is 5.75 Å². The molecule has 2 aromatic rings. The molecule has 1 heterocycles. The molecule has 4 nitrogen and oxygen atoms in total. The van der Waals surface area contributed by atoms with Gasteiger partial charge in [-0.2, -0.15) is 0 Å². The molecule has 0 aliphatic rings. The van der Waals surface area contributed by atoms with E-state index in [0.29, 0.717) is 0 Å². The largest absolute Gasteiger partial charge is 0.485 e. The van der Waals surface area contributed by atoms with E-state index in [1.165, 1.54) is 17.4 Å². The molecule has 0 atom stereocenters. The molecular formula is C13H12ClNO3S. The van der Waals surface area contributed by atoms with Crippen LogP contribution in [0, 0.1) is 13.8 Å². The second-order valence-electron chi connectivity index (χ2n) is 3.96. The molecule has 2 rings (SSSR count). The summed E-state index contributed by atoms with van der Waals surface area (Å²) in [5, 5.41) is 10.1. The minimum atomic E-state index is -1.10. The van der Waals surface area contributed by atoms with Gasteiger partial charge in [-0.1, -0.05) is 17.7 Å². The third-order valence-corrected chi connectivity index (χ3v) is 3.97. The van der Waals surface area contributed by atoms with Gasteiger partial charge in [-0.3, -0.25) is 0 Å². The summed E-state index contributed by atoms with van der Waals surface area (Å²) in [5.74, 6) is -0.849. The lowest BCUT2D eigenvalue weighted by Gasteiger charge is -2.08. The van der Waals surface area contributed by atoms with Crippen LogP contribution in [0.2, 0.25) is 5.02 Å². The first-order valence-corrected chi connectivity index (χ1v) is 6.76. The maximum Gasteiger partial charge on any atom is 0.341 e. The topological polar surface area (TPSA) is 59.4 Å². The number of nitrogens with zero attached hydrogens (tertiary/aromatic N) is 1. The Bertz CT molecular complexity index is 605. The molecule has 1 aromatic carbocycles. The maximum atomic E-state index is 11.1. The molecule has 0 saturated carbocycles. The second-order valence-corrected chi connectivity index (χ2v) is 5.65. The van der Waals surface area contributed by atoms with Crippen LogP contribution in [0.15, 0.2) is 18.2 Å². The SMILES string of the molecule is Cc1nc(COc2cccc(Cl)c2C(=O)O)sc1C. The van der Waals surface area contributed by atoms with Gasteiger partial charge in [-0.25, -0.2) is 9.78 Å². The zero-order valence-electron chi connectivity index (χ0n) is 10.4. The van der Waals surface area contributed by atoms with Gasteiger partial charge in [0.05, 0.1) is 10.7 Å². The molecule has 0 fully saturated rings.